The van der Waals surface area contributed by atoms with Crippen LogP contribution >= 0.6 is 33.9 Å². The predicted octanol–water partition coefficient (Wildman–Crippen LogP) is 7.10. The zero-order valence-electron chi connectivity index (χ0n) is 24.3. The van der Waals surface area contributed by atoms with Crippen molar-refractivity contribution in [3.8, 4) is 11.5 Å². The number of hydrogen-bond acceptors (Lipinski definition) is 7. The number of phenols is 1. The van der Waals surface area contributed by atoms with E-state index in [4.69, 9.17) is 9.47 Å². The van der Waals surface area contributed by atoms with Gasteiger partial charge in [-0.15, -0.1) is 11.3 Å². The zero-order chi connectivity index (χ0) is 30.1. The van der Waals surface area contributed by atoms with Crippen LogP contribution in [0.3, 0.4) is 0 Å². The topological polar surface area (TPSA) is 89.0 Å². The second-order valence-electron chi connectivity index (χ2n) is 11.4. The van der Waals surface area contributed by atoms with E-state index in [-0.39, 0.29) is 41.4 Å². The van der Waals surface area contributed by atoms with E-state index in [2.05, 4.69) is 40.6 Å². The Labute approximate surface area is 269 Å². The van der Waals surface area contributed by atoms with Crippen LogP contribution in [0.25, 0.3) is 11.6 Å². The van der Waals surface area contributed by atoms with Gasteiger partial charge in [-0.25, -0.2) is 0 Å². The van der Waals surface area contributed by atoms with Crippen LogP contribution in [0.15, 0.2) is 65.2 Å². The maximum atomic E-state index is 13.7. The number of phenolic OH excluding ortho intramolecular Hbond substituents is 1. The van der Waals surface area contributed by atoms with Crippen LogP contribution in [0.4, 0.5) is 0 Å². The molecule has 3 aliphatic rings. The lowest BCUT2D eigenvalue weighted by molar-refractivity contribution is -0.140. The minimum Gasteiger partial charge on any atom is -0.504 e. The second-order valence-corrected chi connectivity index (χ2v) is 13.6. The van der Waals surface area contributed by atoms with Crippen LogP contribution in [0, 0.1) is 21.3 Å². The normalized spacial score (nSPS) is 23.6. The van der Waals surface area contributed by atoms with Crippen LogP contribution < -0.4 is 4.74 Å². The van der Waals surface area contributed by atoms with E-state index < -0.39 is 0 Å². The summed E-state index contributed by atoms with van der Waals surface area (Å²) in [6.45, 7) is 2.99. The van der Waals surface area contributed by atoms with Gasteiger partial charge in [-0.05, 0) is 107 Å². The van der Waals surface area contributed by atoms with Crippen molar-refractivity contribution in [2.75, 3.05) is 13.7 Å². The summed E-state index contributed by atoms with van der Waals surface area (Å²) < 4.78 is 12.6. The van der Waals surface area contributed by atoms with E-state index in [9.17, 15) is 14.7 Å². The third kappa shape index (κ3) is 5.91. The number of nitrogens with zero attached hydrogens (tertiary/aromatic N) is 2. The van der Waals surface area contributed by atoms with E-state index in [1.54, 1.807) is 24.6 Å². The second kappa shape index (κ2) is 12.9. The van der Waals surface area contributed by atoms with Gasteiger partial charge in [0.1, 0.15) is 0 Å². The SMILES string of the molecule is CCCC1=C2[C@@H](CC/C(=C/c3cc(I)c(O)c(OC)c3)c3ccccn3)OC[C@@H]2[C@@H]2C(=O)N(Cc3cccs3)C(=O)[C@@H]2C1. The van der Waals surface area contributed by atoms with Crippen molar-refractivity contribution in [2.45, 2.75) is 51.7 Å². The van der Waals surface area contributed by atoms with Gasteiger partial charge in [0, 0.05) is 17.0 Å². The Morgan fingerprint density at radius 1 is 1.21 bits per heavy atom. The third-order valence-electron chi connectivity index (χ3n) is 8.83. The summed E-state index contributed by atoms with van der Waals surface area (Å²) >= 11 is 3.69. The fraction of sp³-hybridized carbons (Fsp3) is 0.382. The lowest BCUT2D eigenvalue weighted by atomic mass is 9.68. The lowest BCUT2D eigenvalue weighted by Crippen LogP contribution is -2.34. The Morgan fingerprint density at radius 3 is 2.79 bits per heavy atom. The van der Waals surface area contributed by atoms with Gasteiger partial charge >= 0.3 is 0 Å². The number of methoxy groups -OCH3 is 1. The summed E-state index contributed by atoms with van der Waals surface area (Å²) in [4.78, 5) is 34.4. The minimum atomic E-state index is -0.342. The molecule has 4 heterocycles. The molecule has 2 aliphatic heterocycles. The molecule has 1 aliphatic carbocycles. The van der Waals surface area contributed by atoms with E-state index in [0.29, 0.717) is 35.3 Å². The van der Waals surface area contributed by atoms with Crippen LogP contribution in [-0.4, -0.2) is 46.6 Å². The molecule has 43 heavy (non-hydrogen) atoms. The summed E-state index contributed by atoms with van der Waals surface area (Å²) in [6.07, 6.45) is 7.77. The van der Waals surface area contributed by atoms with Crippen molar-refractivity contribution < 1.29 is 24.2 Å². The molecular weight excluding hydrogens is 675 g/mol. The summed E-state index contributed by atoms with van der Waals surface area (Å²) in [5.74, 6) is -0.207. The average Bonchev–Trinajstić information content (AvgIpc) is 3.74. The molecule has 4 atom stereocenters. The number of rotatable bonds is 10. The molecule has 1 N–H and O–H groups in total. The van der Waals surface area contributed by atoms with Gasteiger partial charge in [0.2, 0.25) is 11.8 Å². The van der Waals surface area contributed by atoms with Crippen molar-refractivity contribution in [3.05, 3.63) is 84.9 Å². The number of imide groups is 1. The average molecular weight is 711 g/mol. The first kappa shape index (κ1) is 30.0. The van der Waals surface area contributed by atoms with Crippen molar-refractivity contribution in [3.63, 3.8) is 0 Å². The van der Waals surface area contributed by atoms with E-state index in [1.165, 1.54) is 16.0 Å². The Bertz CT molecular complexity index is 1570. The smallest absolute Gasteiger partial charge is 0.234 e. The number of ether oxygens (including phenoxy) is 2. The number of likely N-dealkylation sites (tertiary alicyclic amines) is 1. The fourth-order valence-electron chi connectivity index (χ4n) is 6.94. The van der Waals surface area contributed by atoms with Gasteiger partial charge in [0.15, 0.2) is 11.5 Å². The predicted molar refractivity (Wildman–Crippen MR) is 175 cm³/mol. The number of carbonyl (C=O) groups is 2. The van der Waals surface area contributed by atoms with E-state index in [0.717, 1.165) is 41.0 Å². The third-order valence-corrected chi connectivity index (χ3v) is 10.5. The number of carbonyl (C=O) groups excluding carboxylic acids is 2. The standard InChI is InChI=1S/C34H35IN2O5S/c1-3-7-22-17-24-31(34(40)37(33(24)39)18-23-8-6-13-43-23)25-19-42-28(30(22)25)11-10-21(27-9-4-5-12-36-27)14-20-15-26(35)32(38)29(16-20)41-2/h4-6,8-9,12-16,24-25,28,31,38H,3,7,10-11,17-19H2,1-2H3/b21-14-/t24-,25+,28-,31-/m1/s1. The molecule has 2 amide bonds. The number of benzene rings is 1. The Hall–Kier alpha value is -3.02. The molecule has 0 saturated carbocycles. The first-order valence-corrected chi connectivity index (χ1v) is 16.7. The van der Waals surface area contributed by atoms with Crippen LogP contribution in [0.1, 0.15) is 55.2 Å². The fourth-order valence-corrected chi connectivity index (χ4v) is 8.26. The molecule has 2 fully saturated rings. The van der Waals surface area contributed by atoms with Gasteiger partial charge in [0.25, 0.3) is 0 Å². The van der Waals surface area contributed by atoms with Crippen LogP contribution in [0.2, 0.25) is 0 Å². The van der Waals surface area contributed by atoms with Crippen molar-refractivity contribution in [1.29, 1.82) is 0 Å². The van der Waals surface area contributed by atoms with E-state index in [1.807, 2.05) is 47.8 Å². The molecule has 2 saturated heterocycles. The summed E-state index contributed by atoms with van der Waals surface area (Å²) in [7, 11) is 1.55. The van der Waals surface area contributed by atoms with Crippen molar-refractivity contribution in [1.82, 2.24) is 9.88 Å². The molecule has 3 aromatic rings. The summed E-state index contributed by atoms with van der Waals surface area (Å²) in [6, 6.07) is 13.6. The molecule has 0 radical (unpaired) electrons. The number of amides is 2. The number of allylic oxidation sites excluding steroid dienone is 2. The quantitative estimate of drug-likeness (QED) is 0.137. The number of hydrogen-bond donors (Lipinski definition) is 1. The van der Waals surface area contributed by atoms with Crippen molar-refractivity contribution >= 4 is 57.4 Å². The highest BCUT2D eigenvalue weighted by Gasteiger charge is 2.56. The van der Waals surface area contributed by atoms with Crippen LogP contribution in [0.5, 0.6) is 11.5 Å². The minimum absolute atomic E-state index is 0.0289. The number of fused-ring (bicyclic) bond motifs is 3. The molecule has 0 bridgehead atoms. The highest BCUT2D eigenvalue weighted by atomic mass is 127. The van der Waals surface area contributed by atoms with Gasteiger partial charge in [-0.3, -0.25) is 19.5 Å². The summed E-state index contributed by atoms with van der Waals surface area (Å²) in [5.41, 5.74) is 5.40. The number of aromatic nitrogens is 1. The maximum Gasteiger partial charge on any atom is 0.234 e. The van der Waals surface area contributed by atoms with Crippen molar-refractivity contribution in [2.24, 2.45) is 17.8 Å². The zero-order valence-corrected chi connectivity index (χ0v) is 27.3. The number of halogens is 1. The monoisotopic (exact) mass is 710 g/mol. The molecule has 9 heteroatoms. The first-order valence-electron chi connectivity index (χ1n) is 14.8. The van der Waals surface area contributed by atoms with Gasteiger partial charge in [0.05, 0.1) is 47.5 Å². The Morgan fingerprint density at radius 2 is 2.07 bits per heavy atom. The number of thiophene rings is 1. The molecule has 2 aromatic heterocycles. The lowest BCUT2D eigenvalue weighted by Gasteiger charge is -2.32. The molecule has 1 aromatic carbocycles. The Balaban J connectivity index is 1.27. The number of pyridine rings is 1. The molecule has 6 rings (SSSR count). The highest BCUT2D eigenvalue weighted by molar-refractivity contribution is 14.1. The number of aromatic hydroxyl groups is 1. The first-order chi connectivity index (χ1) is 20.9. The molecule has 224 valence electrons. The van der Waals surface area contributed by atoms with Gasteiger partial charge in [-0.2, -0.15) is 0 Å². The largest absolute Gasteiger partial charge is 0.504 e. The highest BCUT2D eigenvalue weighted by Crippen LogP contribution is 2.51. The molecule has 0 spiro atoms. The van der Waals surface area contributed by atoms with Crippen LogP contribution in [-0.2, 0) is 20.9 Å². The maximum absolute atomic E-state index is 13.7. The summed E-state index contributed by atoms with van der Waals surface area (Å²) in [5, 5.41) is 12.3. The molecule has 7 nitrogen and oxygen atoms in total. The van der Waals surface area contributed by atoms with Gasteiger partial charge in [-0.1, -0.05) is 31.1 Å². The van der Waals surface area contributed by atoms with Gasteiger partial charge < -0.3 is 14.6 Å². The molecular formula is C34H35IN2O5S. The van der Waals surface area contributed by atoms with E-state index >= 15 is 0 Å². The Kier molecular flexibility index (Phi) is 9.02. The molecule has 0 unspecified atom stereocenters.